The molecule has 0 aromatic rings. The molecule has 0 spiro atoms. The Balaban J connectivity index is 2.34. The molecule has 0 aromatic carbocycles. The van der Waals surface area contributed by atoms with Crippen molar-refractivity contribution in [3.8, 4) is 0 Å². The van der Waals surface area contributed by atoms with Gasteiger partial charge in [-0.1, -0.05) is 11.6 Å². The molecule has 86 valence electrons. The van der Waals surface area contributed by atoms with E-state index >= 15 is 0 Å². The van der Waals surface area contributed by atoms with Gasteiger partial charge in [-0.15, -0.1) is 0 Å². The maximum absolute atomic E-state index is 10.2. The quantitative estimate of drug-likeness (QED) is 0.559. The molecule has 2 heteroatoms. The van der Waals surface area contributed by atoms with Gasteiger partial charge in [0.2, 0.25) is 0 Å². The Morgan fingerprint density at radius 3 is 2.80 bits per heavy atom. The standard InChI is InChI=1S/C13H22O2/c1-13(2,15)10-12-7-5-11(6-8-12)4-3-9-14/h5,9,12,15H,3-4,6-8,10H2,1-2H3/t12-/m1/s1. The van der Waals surface area contributed by atoms with E-state index in [-0.39, 0.29) is 0 Å². The average Bonchev–Trinajstić information content (AvgIpc) is 2.14. The number of allylic oxidation sites excluding steroid dienone is 2. The van der Waals surface area contributed by atoms with E-state index in [4.69, 9.17) is 0 Å². The van der Waals surface area contributed by atoms with Crippen molar-refractivity contribution >= 4 is 6.29 Å². The summed E-state index contributed by atoms with van der Waals surface area (Å²) in [5, 5.41) is 9.71. The molecule has 0 saturated heterocycles. The van der Waals surface area contributed by atoms with Crippen LogP contribution in [0.5, 0.6) is 0 Å². The first-order valence-electron chi connectivity index (χ1n) is 5.85. The molecular weight excluding hydrogens is 188 g/mol. The van der Waals surface area contributed by atoms with Crippen molar-refractivity contribution in [3.63, 3.8) is 0 Å². The summed E-state index contributed by atoms with van der Waals surface area (Å²) in [6, 6.07) is 0. The van der Waals surface area contributed by atoms with Gasteiger partial charge >= 0.3 is 0 Å². The summed E-state index contributed by atoms with van der Waals surface area (Å²) in [4.78, 5) is 10.2. The molecule has 1 N–H and O–H groups in total. The van der Waals surface area contributed by atoms with Crippen LogP contribution in [-0.2, 0) is 4.79 Å². The fourth-order valence-corrected chi connectivity index (χ4v) is 2.31. The maximum atomic E-state index is 10.2. The van der Waals surface area contributed by atoms with Crippen LogP contribution in [0.1, 0.15) is 52.4 Å². The second-order valence-corrected chi connectivity index (χ2v) is 5.22. The monoisotopic (exact) mass is 210 g/mol. The van der Waals surface area contributed by atoms with Crippen LogP contribution in [-0.4, -0.2) is 17.0 Å². The Labute approximate surface area is 92.4 Å². The maximum Gasteiger partial charge on any atom is 0.120 e. The fourth-order valence-electron chi connectivity index (χ4n) is 2.31. The number of carbonyl (C=O) groups is 1. The van der Waals surface area contributed by atoms with Crippen LogP contribution in [0.3, 0.4) is 0 Å². The topological polar surface area (TPSA) is 37.3 Å². The summed E-state index contributed by atoms with van der Waals surface area (Å²) in [7, 11) is 0. The van der Waals surface area contributed by atoms with Gasteiger partial charge in [0.1, 0.15) is 6.29 Å². The predicted octanol–water partition coefficient (Wildman–Crippen LogP) is 2.85. The first kappa shape index (κ1) is 12.4. The second-order valence-electron chi connectivity index (χ2n) is 5.22. The lowest BCUT2D eigenvalue weighted by atomic mass is 9.82. The van der Waals surface area contributed by atoms with Crippen LogP contribution < -0.4 is 0 Å². The first-order valence-corrected chi connectivity index (χ1v) is 5.85. The second kappa shape index (κ2) is 5.45. The summed E-state index contributed by atoms with van der Waals surface area (Å²) < 4.78 is 0. The Morgan fingerprint density at radius 1 is 1.60 bits per heavy atom. The largest absolute Gasteiger partial charge is 0.390 e. The number of rotatable bonds is 5. The van der Waals surface area contributed by atoms with E-state index in [1.54, 1.807) is 0 Å². The van der Waals surface area contributed by atoms with Gasteiger partial charge in [0.05, 0.1) is 5.60 Å². The van der Waals surface area contributed by atoms with E-state index in [9.17, 15) is 9.90 Å². The van der Waals surface area contributed by atoms with Gasteiger partial charge in [0.15, 0.2) is 0 Å². The molecule has 0 saturated carbocycles. The highest BCUT2D eigenvalue weighted by atomic mass is 16.3. The lowest BCUT2D eigenvalue weighted by Crippen LogP contribution is -2.24. The molecule has 0 aliphatic heterocycles. The van der Waals surface area contributed by atoms with Crippen molar-refractivity contribution in [2.45, 2.75) is 58.0 Å². The van der Waals surface area contributed by atoms with E-state index < -0.39 is 5.60 Å². The van der Waals surface area contributed by atoms with Crippen LogP contribution in [0, 0.1) is 5.92 Å². The highest BCUT2D eigenvalue weighted by molar-refractivity contribution is 5.49. The van der Waals surface area contributed by atoms with E-state index in [2.05, 4.69) is 6.08 Å². The van der Waals surface area contributed by atoms with Crippen molar-refractivity contribution in [2.75, 3.05) is 0 Å². The van der Waals surface area contributed by atoms with Crippen LogP contribution in [0.2, 0.25) is 0 Å². The number of aldehydes is 1. The van der Waals surface area contributed by atoms with E-state index in [1.807, 2.05) is 13.8 Å². The van der Waals surface area contributed by atoms with E-state index in [0.717, 1.165) is 38.4 Å². The normalized spacial score (nSPS) is 22.3. The molecule has 0 unspecified atom stereocenters. The lowest BCUT2D eigenvalue weighted by molar-refractivity contribution is -0.107. The molecule has 0 aromatic heterocycles. The molecule has 15 heavy (non-hydrogen) atoms. The molecule has 0 fully saturated rings. The third kappa shape index (κ3) is 5.12. The van der Waals surface area contributed by atoms with Gasteiger partial charge < -0.3 is 9.90 Å². The molecule has 1 aliphatic rings. The van der Waals surface area contributed by atoms with Gasteiger partial charge in [0, 0.05) is 6.42 Å². The summed E-state index contributed by atoms with van der Waals surface area (Å²) in [6.07, 6.45) is 9.06. The Bertz CT molecular complexity index is 235. The molecule has 0 radical (unpaired) electrons. The highest BCUT2D eigenvalue weighted by Gasteiger charge is 2.22. The van der Waals surface area contributed by atoms with Gasteiger partial charge in [-0.3, -0.25) is 0 Å². The van der Waals surface area contributed by atoms with E-state index in [1.165, 1.54) is 5.57 Å². The number of aliphatic hydroxyl groups is 1. The fraction of sp³-hybridized carbons (Fsp3) is 0.769. The zero-order valence-corrected chi connectivity index (χ0v) is 9.83. The van der Waals surface area contributed by atoms with Crippen molar-refractivity contribution in [3.05, 3.63) is 11.6 Å². The third-order valence-corrected chi connectivity index (χ3v) is 2.99. The first-order chi connectivity index (χ1) is 7.01. The van der Waals surface area contributed by atoms with Crippen molar-refractivity contribution in [1.82, 2.24) is 0 Å². The molecule has 0 bridgehead atoms. The zero-order chi connectivity index (χ0) is 11.3. The molecule has 0 heterocycles. The van der Waals surface area contributed by atoms with Crippen LogP contribution in [0.25, 0.3) is 0 Å². The minimum absolute atomic E-state index is 0.543. The van der Waals surface area contributed by atoms with Crippen molar-refractivity contribution in [1.29, 1.82) is 0 Å². The van der Waals surface area contributed by atoms with Crippen LogP contribution in [0.4, 0.5) is 0 Å². The van der Waals surface area contributed by atoms with Crippen molar-refractivity contribution in [2.24, 2.45) is 5.92 Å². The SMILES string of the molecule is CC(C)(O)C[C@@H]1CC=C(CCC=O)CC1. The Kier molecular flexibility index (Phi) is 4.52. The van der Waals surface area contributed by atoms with Gasteiger partial charge in [0.25, 0.3) is 0 Å². The molecule has 0 amide bonds. The summed E-state index contributed by atoms with van der Waals surface area (Å²) in [6.45, 7) is 3.75. The van der Waals surface area contributed by atoms with Gasteiger partial charge in [-0.25, -0.2) is 0 Å². The lowest BCUT2D eigenvalue weighted by Gasteiger charge is -2.27. The molecule has 1 rings (SSSR count). The minimum atomic E-state index is -0.543. The van der Waals surface area contributed by atoms with Crippen LogP contribution in [0.15, 0.2) is 11.6 Å². The highest BCUT2D eigenvalue weighted by Crippen LogP contribution is 2.31. The zero-order valence-electron chi connectivity index (χ0n) is 9.83. The number of hydrogen-bond acceptors (Lipinski definition) is 2. The van der Waals surface area contributed by atoms with Crippen molar-refractivity contribution < 1.29 is 9.90 Å². The number of hydrogen-bond donors (Lipinski definition) is 1. The summed E-state index contributed by atoms with van der Waals surface area (Å²) in [5.74, 6) is 0.616. The Morgan fingerprint density at radius 2 is 2.33 bits per heavy atom. The van der Waals surface area contributed by atoms with Crippen LogP contribution >= 0.6 is 0 Å². The molecule has 1 atom stereocenters. The smallest absolute Gasteiger partial charge is 0.120 e. The summed E-state index contributed by atoms with van der Waals surface area (Å²) in [5.41, 5.74) is 0.882. The number of carbonyl (C=O) groups excluding carboxylic acids is 1. The van der Waals surface area contributed by atoms with E-state index in [0.29, 0.717) is 12.3 Å². The van der Waals surface area contributed by atoms with Gasteiger partial charge in [-0.05, 0) is 51.9 Å². The Hall–Kier alpha value is -0.630. The predicted molar refractivity (Wildman–Crippen MR) is 61.6 cm³/mol. The molecule has 2 nitrogen and oxygen atoms in total. The molecule has 1 aliphatic carbocycles. The average molecular weight is 210 g/mol. The minimum Gasteiger partial charge on any atom is -0.390 e. The third-order valence-electron chi connectivity index (χ3n) is 2.99. The van der Waals surface area contributed by atoms with Gasteiger partial charge in [-0.2, -0.15) is 0 Å². The molecular formula is C13H22O2. The summed E-state index contributed by atoms with van der Waals surface area (Å²) >= 11 is 0.